The second-order valence-electron chi connectivity index (χ2n) is 6.28. The predicted octanol–water partition coefficient (Wildman–Crippen LogP) is 3.34. The fourth-order valence-electron chi connectivity index (χ4n) is 3.15. The zero-order valence-corrected chi connectivity index (χ0v) is 14.7. The Kier molecular flexibility index (Phi) is 5.42. The third-order valence-corrected chi connectivity index (χ3v) is 4.38. The van der Waals surface area contributed by atoms with Crippen molar-refractivity contribution in [2.45, 2.75) is 45.6 Å². The van der Waals surface area contributed by atoms with Gasteiger partial charge in [-0.05, 0) is 49.9 Å². The maximum Gasteiger partial charge on any atom is 0.247 e. The summed E-state index contributed by atoms with van der Waals surface area (Å²) in [5.41, 5.74) is 1.64. The van der Waals surface area contributed by atoms with Gasteiger partial charge < -0.3 is 15.5 Å². The number of nitrogens with zero attached hydrogens (tertiary/aromatic N) is 4. The molecule has 0 radical (unpaired) electrons. The molecule has 2 heterocycles. The number of rotatable bonds is 5. The summed E-state index contributed by atoms with van der Waals surface area (Å²) >= 11 is 0. The zero-order chi connectivity index (χ0) is 17.6. The lowest BCUT2D eigenvalue weighted by atomic mass is 10.0. The second kappa shape index (κ2) is 7.92. The van der Waals surface area contributed by atoms with E-state index >= 15 is 0 Å². The molecule has 2 N–H and O–H groups in total. The summed E-state index contributed by atoms with van der Waals surface area (Å²) in [6, 6.07) is 7.96. The predicted molar refractivity (Wildman–Crippen MR) is 99.1 cm³/mol. The zero-order valence-electron chi connectivity index (χ0n) is 14.7. The highest BCUT2D eigenvalue weighted by atomic mass is 16.1. The molecule has 25 heavy (non-hydrogen) atoms. The monoisotopic (exact) mass is 340 g/mol. The van der Waals surface area contributed by atoms with Crippen LogP contribution in [-0.2, 0) is 4.79 Å². The van der Waals surface area contributed by atoms with E-state index < -0.39 is 0 Å². The third kappa shape index (κ3) is 4.43. The first-order valence-corrected chi connectivity index (χ1v) is 8.76. The molecule has 0 bridgehead atoms. The molecule has 1 unspecified atom stereocenters. The lowest BCUT2D eigenvalue weighted by Crippen LogP contribution is -2.40. The van der Waals surface area contributed by atoms with Crippen molar-refractivity contribution in [2.75, 3.05) is 22.1 Å². The summed E-state index contributed by atoms with van der Waals surface area (Å²) in [6.45, 7) is 4.68. The summed E-state index contributed by atoms with van der Waals surface area (Å²) in [5.74, 6) is 1.27. The Morgan fingerprint density at radius 2 is 2.00 bits per heavy atom. The minimum atomic E-state index is -0.0858. The number of aromatic nitrogens is 3. The van der Waals surface area contributed by atoms with Crippen molar-refractivity contribution in [3.8, 4) is 0 Å². The molecule has 7 nitrogen and oxygen atoms in total. The summed E-state index contributed by atoms with van der Waals surface area (Å²) in [7, 11) is 0. The van der Waals surface area contributed by atoms with Crippen LogP contribution in [0, 0.1) is 0 Å². The first-order valence-electron chi connectivity index (χ1n) is 8.76. The van der Waals surface area contributed by atoms with Crippen molar-refractivity contribution < 1.29 is 4.79 Å². The van der Waals surface area contributed by atoms with E-state index in [1.165, 1.54) is 26.2 Å². The number of amides is 1. The Bertz CT molecular complexity index is 718. The molecule has 1 fully saturated rings. The summed E-state index contributed by atoms with van der Waals surface area (Å²) in [5, 5.41) is 14.3. The molecule has 1 aliphatic heterocycles. The van der Waals surface area contributed by atoms with E-state index in [4.69, 9.17) is 0 Å². The molecule has 1 aromatic heterocycles. The van der Waals surface area contributed by atoms with Crippen LogP contribution in [0.4, 0.5) is 23.1 Å². The average Bonchev–Trinajstić information content (AvgIpc) is 2.63. The van der Waals surface area contributed by atoms with E-state index in [-0.39, 0.29) is 5.91 Å². The molecule has 1 amide bonds. The van der Waals surface area contributed by atoms with Gasteiger partial charge in [-0.3, -0.25) is 4.79 Å². The lowest BCUT2D eigenvalue weighted by Gasteiger charge is -2.34. The van der Waals surface area contributed by atoms with Gasteiger partial charge in [0.25, 0.3) is 0 Å². The molecule has 1 saturated heterocycles. The Hall–Kier alpha value is -2.70. The van der Waals surface area contributed by atoms with Crippen LogP contribution in [-0.4, -0.2) is 33.7 Å². The van der Waals surface area contributed by atoms with Crippen molar-refractivity contribution in [3.63, 3.8) is 0 Å². The fourth-order valence-corrected chi connectivity index (χ4v) is 3.15. The highest BCUT2D eigenvalue weighted by Gasteiger charge is 2.23. The summed E-state index contributed by atoms with van der Waals surface area (Å²) < 4.78 is 0. The molecular weight excluding hydrogens is 316 g/mol. The number of anilines is 4. The standard InChI is InChI=1S/C18H24N6O/c1-3-16-6-4-5-11-24(16)18-22-17(12-19-23-18)21-15-9-7-14(8-10-15)20-13(2)25/h7-10,12,16H,3-6,11H2,1-2H3,(H,20,25)(H,21,22,23). The lowest BCUT2D eigenvalue weighted by molar-refractivity contribution is -0.114. The molecule has 0 spiro atoms. The van der Waals surface area contributed by atoms with Crippen molar-refractivity contribution in [3.05, 3.63) is 30.5 Å². The van der Waals surface area contributed by atoms with Crippen LogP contribution in [0.25, 0.3) is 0 Å². The summed E-state index contributed by atoms with van der Waals surface area (Å²) in [6.07, 6.45) is 6.33. The largest absolute Gasteiger partial charge is 0.339 e. The number of carbonyl (C=O) groups is 1. The molecule has 1 aromatic carbocycles. The van der Waals surface area contributed by atoms with Crippen molar-refractivity contribution in [1.82, 2.24) is 15.2 Å². The van der Waals surface area contributed by atoms with Gasteiger partial charge in [0.05, 0.1) is 6.20 Å². The van der Waals surface area contributed by atoms with Gasteiger partial charge in [0.15, 0.2) is 5.82 Å². The van der Waals surface area contributed by atoms with Crippen LogP contribution >= 0.6 is 0 Å². The number of benzene rings is 1. The molecule has 0 saturated carbocycles. The number of nitrogens with one attached hydrogen (secondary N) is 2. The number of carbonyl (C=O) groups excluding carboxylic acids is 1. The Morgan fingerprint density at radius 1 is 1.24 bits per heavy atom. The quantitative estimate of drug-likeness (QED) is 0.868. The minimum Gasteiger partial charge on any atom is -0.339 e. The molecule has 1 atom stereocenters. The maximum atomic E-state index is 11.1. The van der Waals surface area contributed by atoms with E-state index in [0.717, 1.165) is 24.3 Å². The van der Waals surface area contributed by atoms with Gasteiger partial charge in [-0.2, -0.15) is 10.1 Å². The van der Waals surface area contributed by atoms with E-state index in [2.05, 4.69) is 37.6 Å². The van der Waals surface area contributed by atoms with Gasteiger partial charge in [0.1, 0.15) is 0 Å². The number of hydrogen-bond acceptors (Lipinski definition) is 6. The maximum absolute atomic E-state index is 11.1. The van der Waals surface area contributed by atoms with Crippen LogP contribution in [0.3, 0.4) is 0 Å². The second-order valence-corrected chi connectivity index (χ2v) is 6.28. The number of hydrogen-bond donors (Lipinski definition) is 2. The fraction of sp³-hybridized carbons (Fsp3) is 0.444. The first-order chi connectivity index (χ1) is 12.2. The van der Waals surface area contributed by atoms with Gasteiger partial charge in [0.2, 0.25) is 11.9 Å². The Balaban J connectivity index is 1.72. The minimum absolute atomic E-state index is 0.0858. The van der Waals surface area contributed by atoms with Gasteiger partial charge in [-0.1, -0.05) is 6.92 Å². The normalized spacial score (nSPS) is 17.2. The topological polar surface area (TPSA) is 83.0 Å². The van der Waals surface area contributed by atoms with Gasteiger partial charge in [-0.25, -0.2) is 0 Å². The molecule has 132 valence electrons. The van der Waals surface area contributed by atoms with Crippen LogP contribution in [0.5, 0.6) is 0 Å². The van der Waals surface area contributed by atoms with Crippen LogP contribution in [0.1, 0.15) is 39.5 Å². The van der Waals surface area contributed by atoms with E-state index in [1.807, 2.05) is 24.3 Å². The highest BCUT2D eigenvalue weighted by Crippen LogP contribution is 2.24. The summed E-state index contributed by atoms with van der Waals surface area (Å²) in [4.78, 5) is 18.0. The van der Waals surface area contributed by atoms with Crippen molar-refractivity contribution in [1.29, 1.82) is 0 Å². The number of piperidine rings is 1. The third-order valence-electron chi connectivity index (χ3n) is 4.38. The average molecular weight is 340 g/mol. The van der Waals surface area contributed by atoms with Crippen LogP contribution in [0.15, 0.2) is 30.5 Å². The van der Waals surface area contributed by atoms with Crippen molar-refractivity contribution in [2.24, 2.45) is 0 Å². The SMILES string of the molecule is CCC1CCCCN1c1nncc(Nc2ccc(NC(C)=O)cc2)n1. The van der Waals surface area contributed by atoms with Gasteiger partial charge >= 0.3 is 0 Å². The molecule has 0 aliphatic carbocycles. The van der Waals surface area contributed by atoms with Gasteiger partial charge in [0, 0.05) is 30.9 Å². The molecular formula is C18H24N6O. The Labute approximate surface area is 147 Å². The van der Waals surface area contributed by atoms with E-state index in [1.54, 1.807) is 6.20 Å². The molecule has 7 heteroatoms. The van der Waals surface area contributed by atoms with Crippen molar-refractivity contribution >= 4 is 29.0 Å². The van der Waals surface area contributed by atoms with E-state index in [9.17, 15) is 4.79 Å². The van der Waals surface area contributed by atoms with Gasteiger partial charge in [-0.15, -0.1) is 5.10 Å². The van der Waals surface area contributed by atoms with Crippen LogP contribution in [0.2, 0.25) is 0 Å². The molecule has 1 aliphatic rings. The van der Waals surface area contributed by atoms with E-state index in [0.29, 0.717) is 17.8 Å². The molecule has 3 rings (SSSR count). The Morgan fingerprint density at radius 3 is 2.72 bits per heavy atom. The smallest absolute Gasteiger partial charge is 0.247 e. The van der Waals surface area contributed by atoms with Crippen LogP contribution < -0.4 is 15.5 Å². The first kappa shape index (κ1) is 17.1. The highest BCUT2D eigenvalue weighted by molar-refractivity contribution is 5.88. The molecule has 2 aromatic rings.